The second-order valence-corrected chi connectivity index (χ2v) is 5.37. The summed E-state index contributed by atoms with van der Waals surface area (Å²) >= 11 is 0. The Bertz CT molecular complexity index is 830. The lowest BCUT2D eigenvalue weighted by Crippen LogP contribution is -2.31. The summed E-state index contributed by atoms with van der Waals surface area (Å²) in [5, 5.41) is 15.5. The number of aromatic nitrogens is 2. The molecule has 2 aromatic carbocycles. The van der Waals surface area contributed by atoms with Crippen LogP contribution in [0, 0.1) is 0 Å². The summed E-state index contributed by atoms with van der Waals surface area (Å²) in [6.07, 6.45) is 0.846. The van der Waals surface area contributed by atoms with E-state index >= 15 is 0 Å². The van der Waals surface area contributed by atoms with Gasteiger partial charge in [0.25, 0.3) is 5.56 Å². The molecule has 3 rings (SSSR count). The zero-order valence-corrected chi connectivity index (χ0v) is 12.6. The van der Waals surface area contributed by atoms with Gasteiger partial charge in [0.2, 0.25) is 0 Å². The van der Waals surface area contributed by atoms with E-state index in [2.05, 4.69) is 5.10 Å². The first-order chi connectivity index (χ1) is 11.2. The predicted octanol–water partition coefficient (Wildman–Crippen LogP) is 1.97. The lowest BCUT2D eigenvalue weighted by Gasteiger charge is -2.12. The molecule has 0 bridgehead atoms. The second-order valence-electron chi connectivity index (χ2n) is 5.37. The normalized spacial score (nSPS) is 12.4. The molecule has 0 aliphatic carbocycles. The van der Waals surface area contributed by atoms with E-state index in [9.17, 15) is 9.90 Å². The summed E-state index contributed by atoms with van der Waals surface area (Å²) in [5.41, 5.74) is 0.839. The highest BCUT2D eigenvalue weighted by atomic mass is 16.5. The van der Waals surface area contributed by atoms with Crippen LogP contribution in [0.5, 0.6) is 0 Å². The van der Waals surface area contributed by atoms with Crippen LogP contribution < -0.4 is 5.56 Å². The van der Waals surface area contributed by atoms with Crippen molar-refractivity contribution in [2.24, 2.45) is 0 Å². The zero-order valence-electron chi connectivity index (χ0n) is 12.6. The highest BCUT2D eigenvalue weighted by molar-refractivity contribution is 5.80. The van der Waals surface area contributed by atoms with Crippen LogP contribution in [0.15, 0.2) is 65.6 Å². The summed E-state index contributed by atoms with van der Waals surface area (Å²) in [6, 6.07) is 17.0. The molecule has 1 N–H and O–H groups in total. The van der Waals surface area contributed by atoms with Crippen molar-refractivity contribution < 1.29 is 9.84 Å². The van der Waals surface area contributed by atoms with Crippen molar-refractivity contribution in [3.05, 3.63) is 76.7 Å². The molecule has 5 nitrogen and oxygen atoms in total. The van der Waals surface area contributed by atoms with E-state index in [1.807, 2.05) is 48.5 Å². The average Bonchev–Trinajstić information content (AvgIpc) is 2.59. The first-order valence-corrected chi connectivity index (χ1v) is 7.48. The third kappa shape index (κ3) is 3.83. The molecule has 23 heavy (non-hydrogen) atoms. The van der Waals surface area contributed by atoms with Crippen LogP contribution in [-0.2, 0) is 17.9 Å². The largest absolute Gasteiger partial charge is 0.389 e. The van der Waals surface area contributed by atoms with E-state index in [-0.39, 0.29) is 18.7 Å². The minimum absolute atomic E-state index is 0.110. The smallest absolute Gasteiger partial charge is 0.274 e. The number of fused-ring (bicyclic) bond motifs is 1. The van der Waals surface area contributed by atoms with Gasteiger partial charge in [0.15, 0.2) is 0 Å². The van der Waals surface area contributed by atoms with Crippen molar-refractivity contribution in [2.75, 3.05) is 6.61 Å². The van der Waals surface area contributed by atoms with Gasteiger partial charge in [0.1, 0.15) is 0 Å². The molecule has 0 saturated carbocycles. The standard InChI is InChI=1S/C18H18N2O3/c21-16(13-23-12-14-6-2-1-3-7-14)11-20-18(22)17-9-5-4-8-15(17)10-19-20/h1-10,16,21H,11-13H2. The van der Waals surface area contributed by atoms with Crippen molar-refractivity contribution in [1.29, 1.82) is 0 Å². The Morgan fingerprint density at radius 1 is 1.09 bits per heavy atom. The lowest BCUT2D eigenvalue weighted by atomic mass is 10.2. The van der Waals surface area contributed by atoms with Crippen molar-refractivity contribution in [2.45, 2.75) is 19.3 Å². The van der Waals surface area contributed by atoms with Gasteiger partial charge >= 0.3 is 0 Å². The molecule has 0 radical (unpaired) electrons. The zero-order chi connectivity index (χ0) is 16.1. The molecule has 3 aromatic rings. The minimum atomic E-state index is -0.787. The van der Waals surface area contributed by atoms with Gasteiger partial charge in [-0.1, -0.05) is 48.5 Å². The Hall–Kier alpha value is -2.50. The molecule has 0 aliphatic rings. The molecular formula is C18H18N2O3. The number of aliphatic hydroxyl groups excluding tert-OH is 1. The molecular weight excluding hydrogens is 292 g/mol. The van der Waals surface area contributed by atoms with Crippen molar-refractivity contribution in [3.63, 3.8) is 0 Å². The highest BCUT2D eigenvalue weighted by Crippen LogP contribution is 2.07. The van der Waals surface area contributed by atoms with Crippen LogP contribution in [-0.4, -0.2) is 27.6 Å². The van der Waals surface area contributed by atoms with E-state index < -0.39 is 6.10 Å². The molecule has 0 aliphatic heterocycles. The molecule has 0 spiro atoms. The molecule has 1 heterocycles. The second kappa shape index (κ2) is 7.17. The molecule has 5 heteroatoms. The van der Waals surface area contributed by atoms with Crippen LogP contribution in [0.25, 0.3) is 10.8 Å². The molecule has 1 aromatic heterocycles. The third-order valence-corrected chi connectivity index (χ3v) is 3.57. The quantitative estimate of drug-likeness (QED) is 0.756. The summed E-state index contributed by atoms with van der Waals surface area (Å²) in [6.45, 7) is 0.687. The molecule has 0 amide bonds. The fourth-order valence-electron chi connectivity index (χ4n) is 2.40. The van der Waals surface area contributed by atoms with Gasteiger partial charge in [0.05, 0.1) is 37.4 Å². The Labute approximate surface area is 133 Å². The SMILES string of the molecule is O=c1c2ccccc2cnn1CC(O)COCc1ccccc1. The maximum atomic E-state index is 12.3. The van der Waals surface area contributed by atoms with Gasteiger partial charge in [0, 0.05) is 5.39 Å². The first-order valence-electron chi connectivity index (χ1n) is 7.48. The van der Waals surface area contributed by atoms with Crippen molar-refractivity contribution in [3.8, 4) is 0 Å². The van der Waals surface area contributed by atoms with Gasteiger partial charge < -0.3 is 9.84 Å². The van der Waals surface area contributed by atoms with Gasteiger partial charge in [-0.3, -0.25) is 4.79 Å². The fourth-order valence-corrected chi connectivity index (χ4v) is 2.40. The highest BCUT2D eigenvalue weighted by Gasteiger charge is 2.10. The maximum absolute atomic E-state index is 12.3. The van der Waals surface area contributed by atoms with E-state index in [1.54, 1.807) is 12.3 Å². The van der Waals surface area contributed by atoms with Gasteiger partial charge in [-0.05, 0) is 11.6 Å². The van der Waals surface area contributed by atoms with Crippen LogP contribution in [0.1, 0.15) is 5.56 Å². The summed E-state index contributed by atoms with van der Waals surface area (Å²) < 4.78 is 6.76. The Morgan fingerprint density at radius 3 is 2.65 bits per heavy atom. The third-order valence-electron chi connectivity index (χ3n) is 3.57. The van der Waals surface area contributed by atoms with Crippen molar-refractivity contribution >= 4 is 10.8 Å². The summed E-state index contributed by atoms with van der Waals surface area (Å²) in [5.74, 6) is 0. The monoisotopic (exact) mass is 310 g/mol. The van der Waals surface area contributed by atoms with Crippen molar-refractivity contribution in [1.82, 2.24) is 9.78 Å². The number of hydrogen-bond donors (Lipinski definition) is 1. The number of nitrogens with zero attached hydrogens (tertiary/aromatic N) is 2. The maximum Gasteiger partial charge on any atom is 0.274 e. The van der Waals surface area contributed by atoms with E-state index in [1.165, 1.54) is 4.68 Å². The molecule has 0 fully saturated rings. The average molecular weight is 310 g/mol. The van der Waals surface area contributed by atoms with E-state index in [0.717, 1.165) is 10.9 Å². The van der Waals surface area contributed by atoms with Crippen LogP contribution in [0.4, 0.5) is 0 Å². The van der Waals surface area contributed by atoms with Crippen LogP contribution >= 0.6 is 0 Å². The molecule has 1 atom stereocenters. The van der Waals surface area contributed by atoms with Gasteiger partial charge in [-0.25, -0.2) is 4.68 Å². The van der Waals surface area contributed by atoms with Gasteiger partial charge in [-0.15, -0.1) is 0 Å². The number of aliphatic hydroxyl groups is 1. The Morgan fingerprint density at radius 2 is 1.83 bits per heavy atom. The van der Waals surface area contributed by atoms with E-state index in [4.69, 9.17) is 4.74 Å². The predicted molar refractivity (Wildman–Crippen MR) is 88.1 cm³/mol. The Balaban J connectivity index is 1.60. The summed E-state index contributed by atoms with van der Waals surface area (Å²) in [7, 11) is 0. The van der Waals surface area contributed by atoms with Gasteiger partial charge in [-0.2, -0.15) is 5.10 Å². The number of benzene rings is 2. The number of ether oxygens (including phenoxy) is 1. The molecule has 1 unspecified atom stereocenters. The molecule has 0 saturated heterocycles. The fraction of sp³-hybridized carbons (Fsp3) is 0.222. The Kier molecular flexibility index (Phi) is 4.80. The molecule has 118 valence electrons. The van der Waals surface area contributed by atoms with Crippen LogP contribution in [0.3, 0.4) is 0 Å². The minimum Gasteiger partial charge on any atom is -0.389 e. The van der Waals surface area contributed by atoms with E-state index in [0.29, 0.717) is 12.0 Å². The lowest BCUT2D eigenvalue weighted by molar-refractivity contribution is 0.0181. The number of rotatable bonds is 6. The topological polar surface area (TPSA) is 64.4 Å². The van der Waals surface area contributed by atoms with Crippen LogP contribution in [0.2, 0.25) is 0 Å². The summed E-state index contributed by atoms with van der Waals surface area (Å²) in [4.78, 5) is 12.3. The first kappa shape index (κ1) is 15.4. The number of hydrogen-bond acceptors (Lipinski definition) is 4.